The number of halogens is 1. The molecule has 1 aliphatic heterocycles. The number of hydrogen-bond donors (Lipinski definition) is 1. The van der Waals surface area contributed by atoms with E-state index in [4.69, 9.17) is 16.3 Å². The van der Waals surface area contributed by atoms with Crippen LogP contribution in [0, 0.1) is 0 Å². The van der Waals surface area contributed by atoms with Crippen LogP contribution in [0.5, 0.6) is 0 Å². The van der Waals surface area contributed by atoms with Gasteiger partial charge in [0.15, 0.2) is 0 Å². The average molecular weight is 431 g/mol. The number of methoxy groups -OCH3 is 1. The molecule has 1 aliphatic rings. The zero-order valence-corrected chi connectivity index (χ0v) is 17.9. The van der Waals surface area contributed by atoms with Crippen LogP contribution in [0.3, 0.4) is 0 Å². The molecule has 2 aromatic carbocycles. The highest BCUT2D eigenvalue weighted by atomic mass is 35.5. The maximum Gasteiger partial charge on any atom is 0.265 e. The lowest BCUT2D eigenvalue weighted by molar-refractivity contribution is -0.118. The molecule has 0 spiro atoms. The van der Waals surface area contributed by atoms with Gasteiger partial charge in [-0.25, -0.2) is 0 Å². The summed E-state index contributed by atoms with van der Waals surface area (Å²) >= 11 is 7.61. The fourth-order valence-electron chi connectivity index (χ4n) is 3.04. The molecule has 0 fully saturated rings. The van der Waals surface area contributed by atoms with Crippen LogP contribution in [0.4, 0.5) is 5.69 Å². The number of anilines is 1. The highest BCUT2D eigenvalue weighted by Gasteiger charge is 2.30. The minimum absolute atomic E-state index is 0.0976. The standard InChI is InChI=1S/C22H23ClN2O3S/c1-3-16(14-28-2)24-21(26)12-20-22(27)25(13-15-8-4-5-9-17(15)23)18-10-6-7-11-19(18)29-20/h4-12,16H,3,13-14H2,1-2H3,(H,24,26)/b20-12+/t16-/m1/s1. The van der Waals surface area contributed by atoms with Gasteiger partial charge in [0.1, 0.15) is 0 Å². The lowest BCUT2D eigenvalue weighted by atomic mass is 10.1. The quantitative estimate of drug-likeness (QED) is 0.661. The predicted octanol–water partition coefficient (Wildman–Crippen LogP) is 4.40. The van der Waals surface area contributed by atoms with Crippen molar-refractivity contribution in [3.05, 3.63) is 70.1 Å². The van der Waals surface area contributed by atoms with Crippen LogP contribution >= 0.6 is 23.4 Å². The van der Waals surface area contributed by atoms with E-state index in [2.05, 4.69) is 5.32 Å². The summed E-state index contributed by atoms with van der Waals surface area (Å²) in [7, 11) is 1.59. The van der Waals surface area contributed by atoms with E-state index in [9.17, 15) is 9.59 Å². The number of fused-ring (bicyclic) bond motifs is 1. The van der Waals surface area contributed by atoms with Gasteiger partial charge in [-0.3, -0.25) is 9.59 Å². The molecule has 3 rings (SSSR count). The van der Waals surface area contributed by atoms with E-state index in [1.165, 1.54) is 17.8 Å². The molecule has 7 heteroatoms. The Kier molecular flexibility index (Phi) is 7.36. The first-order valence-electron chi connectivity index (χ1n) is 9.36. The van der Waals surface area contributed by atoms with Gasteiger partial charge in [-0.05, 0) is 30.2 Å². The summed E-state index contributed by atoms with van der Waals surface area (Å²) in [6, 6.07) is 15.0. The Bertz CT molecular complexity index is 932. The van der Waals surface area contributed by atoms with Crippen LogP contribution in [-0.2, 0) is 20.9 Å². The molecule has 1 heterocycles. The zero-order valence-electron chi connectivity index (χ0n) is 16.4. The molecule has 0 radical (unpaired) electrons. The summed E-state index contributed by atoms with van der Waals surface area (Å²) < 4.78 is 5.12. The molecule has 0 bridgehead atoms. The van der Waals surface area contributed by atoms with Gasteiger partial charge < -0.3 is 15.0 Å². The summed E-state index contributed by atoms with van der Waals surface area (Å²) in [5.41, 5.74) is 1.66. The SMILES string of the molecule is CC[C@H](COC)NC(=O)/C=C1/Sc2ccccc2N(Cc2ccccc2Cl)C1=O. The maximum absolute atomic E-state index is 13.2. The average Bonchev–Trinajstić information content (AvgIpc) is 2.72. The van der Waals surface area contributed by atoms with E-state index in [0.717, 1.165) is 22.6 Å². The Morgan fingerprint density at radius 3 is 2.69 bits per heavy atom. The second-order valence-electron chi connectivity index (χ2n) is 6.63. The van der Waals surface area contributed by atoms with Gasteiger partial charge in [-0.2, -0.15) is 0 Å². The zero-order chi connectivity index (χ0) is 20.8. The molecule has 1 N–H and O–H groups in total. The molecular formula is C22H23ClN2O3S. The third-order valence-corrected chi connectivity index (χ3v) is 6.03. The van der Waals surface area contributed by atoms with Gasteiger partial charge in [0, 0.05) is 23.1 Å². The number of nitrogens with one attached hydrogen (secondary N) is 1. The van der Waals surface area contributed by atoms with Gasteiger partial charge in [-0.1, -0.05) is 60.6 Å². The van der Waals surface area contributed by atoms with E-state index in [-0.39, 0.29) is 17.9 Å². The molecule has 5 nitrogen and oxygen atoms in total. The summed E-state index contributed by atoms with van der Waals surface area (Å²) in [4.78, 5) is 28.7. The summed E-state index contributed by atoms with van der Waals surface area (Å²) in [6.07, 6.45) is 2.12. The van der Waals surface area contributed by atoms with Crippen molar-refractivity contribution in [2.75, 3.05) is 18.6 Å². The number of thioether (sulfide) groups is 1. The van der Waals surface area contributed by atoms with Crippen LogP contribution in [0.2, 0.25) is 5.02 Å². The number of carbonyl (C=O) groups excluding carboxylic acids is 2. The van der Waals surface area contributed by atoms with Gasteiger partial charge in [-0.15, -0.1) is 0 Å². The first-order valence-corrected chi connectivity index (χ1v) is 10.6. The third-order valence-electron chi connectivity index (χ3n) is 4.59. The Balaban J connectivity index is 1.88. The van der Waals surface area contributed by atoms with Crippen LogP contribution in [-0.4, -0.2) is 31.6 Å². The van der Waals surface area contributed by atoms with Crippen molar-refractivity contribution >= 4 is 40.9 Å². The maximum atomic E-state index is 13.2. The van der Waals surface area contributed by atoms with Crippen molar-refractivity contribution in [3.63, 3.8) is 0 Å². The van der Waals surface area contributed by atoms with Crippen molar-refractivity contribution in [1.29, 1.82) is 0 Å². The Morgan fingerprint density at radius 2 is 1.97 bits per heavy atom. The molecule has 152 valence electrons. The molecular weight excluding hydrogens is 408 g/mol. The monoisotopic (exact) mass is 430 g/mol. The lowest BCUT2D eigenvalue weighted by Crippen LogP contribution is -2.38. The number of para-hydroxylation sites is 1. The second-order valence-corrected chi connectivity index (χ2v) is 8.12. The first-order chi connectivity index (χ1) is 14.0. The second kappa shape index (κ2) is 9.96. The van der Waals surface area contributed by atoms with E-state index >= 15 is 0 Å². The summed E-state index contributed by atoms with van der Waals surface area (Å²) in [6.45, 7) is 2.73. The van der Waals surface area contributed by atoms with E-state index in [0.29, 0.717) is 23.1 Å². The Morgan fingerprint density at radius 1 is 1.24 bits per heavy atom. The topological polar surface area (TPSA) is 58.6 Å². The predicted molar refractivity (Wildman–Crippen MR) is 117 cm³/mol. The number of rotatable bonds is 7. The first kappa shape index (κ1) is 21.4. The van der Waals surface area contributed by atoms with E-state index < -0.39 is 0 Å². The Labute approximate surface area is 180 Å². The van der Waals surface area contributed by atoms with Gasteiger partial charge in [0.25, 0.3) is 5.91 Å². The summed E-state index contributed by atoms with van der Waals surface area (Å²) in [5.74, 6) is -0.523. The van der Waals surface area contributed by atoms with Crippen LogP contribution in [0.15, 0.2) is 64.4 Å². The van der Waals surface area contributed by atoms with Gasteiger partial charge >= 0.3 is 0 Å². The molecule has 2 aromatic rings. The highest BCUT2D eigenvalue weighted by molar-refractivity contribution is 8.04. The molecule has 0 aromatic heterocycles. The molecule has 0 unspecified atom stereocenters. The minimum Gasteiger partial charge on any atom is -0.383 e. The fraction of sp³-hybridized carbons (Fsp3) is 0.273. The minimum atomic E-state index is -0.304. The van der Waals surface area contributed by atoms with Crippen molar-refractivity contribution < 1.29 is 14.3 Å². The number of carbonyl (C=O) groups is 2. The molecule has 2 amide bonds. The molecule has 29 heavy (non-hydrogen) atoms. The number of amides is 2. The lowest BCUT2D eigenvalue weighted by Gasteiger charge is -2.30. The van der Waals surface area contributed by atoms with Crippen molar-refractivity contribution in [2.24, 2.45) is 0 Å². The Hall–Kier alpha value is -2.28. The van der Waals surface area contributed by atoms with E-state index in [1.807, 2.05) is 49.4 Å². The molecule has 0 saturated carbocycles. The smallest absolute Gasteiger partial charge is 0.265 e. The number of nitrogens with zero attached hydrogens (tertiary/aromatic N) is 1. The molecule has 1 atom stereocenters. The van der Waals surface area contributed by atoms with Crippen LogP contribution < -0.4 is 10.2 Å². The van der Waals surface area contributed by atoms with Gasteiger partial charge in [0.2, 0.25) is 5.91 Å². The van der Waals surface area contributed by atoms with E-state index in [1.54, 1.807) is 18.1 Å². The normalized spacial score (nSPS) is 15.9. The highest BCUT2D eigenvalue weighted by Crippen LogP contribution is 2.42. The number of hydrogen-bond acceptors (Lipinski definition) is 4. The molecule has 0 aliphatic carbocycles. The van der Waals surface area contributed by atoms with Crippen LogP contribution in [0.1, 0.15) is 18.9 Å². The van der Waals surface area contributed by atoms with Crippen molar-refractivity contribution in [2.45, 2.75) is 30.8 Å². The van der Waals surface area contributed by atoms with Crippen molar-refractivity contribution in [1.82, 2.24) is 5.32 Å². The number of ether oxygens (including phenoxy) is 1. The van der Waals surface area contributed by atoms with Crippen LogP contribution in [0.25, 0.3) is 0 Å². The third kappa shape index (κ3) is 5.21. The van der Waals surface area contributed by atoms with Crippen molar-refractivity contribution in [3.8, 4) is 0 Å². The summed E-state index contributed by atoms with van der Waals surface area (Å²) in [5, 5.41) is 3.49. The van der Waals surface area contributed by atoms with Gasteiger partial charge in [0.05, 0.1) is 29.8 Å². The largest absolute Gasteiger partial charge is 0.383 e. The number of benzene rings is 2. The molecule has 0 saturated heterocycles. The fourth-order valence-corrected chi connectivity index (χ4v) is 4.27.